The van der Waals surface area contributed by atoms with E-state index in [4.69, 9.17) is 0 Å². The number of carbonyl (C=O) groups excluding carboxylic acids is 1. The number of hydrogen-bond acceptors (Lipinski definition) is 1. The number of amides is 1. The summed E-state index contributed by atoms with van der Waals surface area (Å²) in [5.41, 5.74) is 0. The molecule has 0 saturated carbocycles. The number of rotatable bonds is 17. The molecule has 0 aromatic rings. The lowest BCUT2D eigenvalue weighted by Gasteiger charge is -1.99. The molecule has 144 valence electrons. The molecule has 0 atom stereocenters. The molecule has 2 nitrogen and oxygen atoms in total. The zero-order valence-electron chi connectivity index (χ0n) is 16.8. The maximum atomic E-state index is 11.5. The predicted octanol–water partition coefficient (Wildman–Crippen LogP) is 6.88. The Bertz CT molecular complexity index is 368. The second kappa shape index (κ2) is 20.7. The zero-order valence-corrected chi connectivity index (χ0v) is 16.8. The van der Waals surface area contributed by atoms with Crippen LogP contribution in [0.25, 0.3) is 0 Å². The molecule has 0 aliphatic rings. The maximum absolute atomic E-state index is 11.5. The van der Waals surface area contributed by atoms with E-state index in [9.17, 15) is 4.79 Å². The Morgan fingerprint density at radius 1 is 0.680 bits per heavy atom. The lowest BCUT2D eigenvalue weighted by Crippen LogP contribution is -2.21. The summed E-state index contributed by atoms with van der Waals surface area (Å²) in [5, 5.41) is 2.90. The fourth-order valence-corrected chi connectivity index (χ4v) is 2.59. The Hall–Kier alpha value is -1.31. The Morgan fingerprint density at radius 2 is 1.24 bits per heavy atom. The third kappa shape index (κ3) is 20.6. The minimum Gasteiger partial charge on any atom is -0.353 e. The third-order valence-corrected chi connectivity index (χ3v) is 4.21. The highest BCUT2D eigenvalue weighted by atomic mass is 16.1. The number of allylic oxidation sites excluding steroid dienone is 5. The molecule has 25 heavy (non-hydrogen) atoms. The molecule has 0 aromatic heterocycles. The normalized spacial score (nSPS) is 11.9. The largest absolute Gasteiger partial charge is 0.353 e. The van der Waals surface area contributed by atoms with E-state index in [1.807, 2.05) is 12.2 Å². The monoisotopic (exact) mass is 347 g/mol. The van der Waals surface area contributed by atoms with E-state index in [1.165, 1.54) is 70.6 Å². The molecule has 0 unspecified atom stereocenters. The maximum Gasteiger partial charge on any atom is 0.243 e. The molecule has 2 heteroatoms. The van der Waals surface area contributed by atoms with Crippen LogP contribution >= 0.6 is 0 Å². The SMILES string of the molecule is CCCCC/C=C\CCCCCC/C=C/C=C/C(=O)NCCCCC. The van der Waals surface area contributed by atoms with Gasteiger partial charge in [-0.3, -0.25) is 4.79 Å². The van der Waals surface area contributed by atoms with Crippen molar-refractivity contribution in [3.63, 3.8) is 0 Å². The summed E-state index contributed by atoms with van der Waals surface area (Å²) in [7, 11) is 0. The van der Waals surface area contributed by atoms with Crippen LogP contribution in [0, 0.1) is 0 Å². The number of carbonyl (C=O) groups is 1. The topological polar surface area (TPSA) is 29.1 Å². The van der Waals surface area contributed by atoms with Crippen LogP contribution in [0.1, 0.15) is 97.3 Å². The van der Waals surface area contributed by atoms with Gasteiger partial charge in [0.05, 0.1) is 0 Å². The molecule has 0 rings (SSSR count). The average Bonchev–Trinajstić information content (AvgIpc) is 2.62. The summed E-state index contributed by atoms with van der Waals surface area (Å²) in [6.07, 6.45) is 28.5. The van der Waals surface area contributed by atoms with E-state index in [0.717, 1.165) is 19.4 Å². The minimum absolute atomic E-state index is 0.0171. The van der Waals surface area contributed by atoms with Gasteiger partial charge in [-0.25, -0.2) is 0 Å². The van der Waals surface area contributed by atoms with Crippen LogP contribution in [0.2, 0.25) is 0 Å². The average molecular weight is 348 g/mol. The fourth-order valence-electron chi connectivity index (χ4n) is 2.59. The number of hydrogen-bond donors (Lipinski definition) is 1. The highest BCUT2D eigenvalue weighted by Gasteiger charge is 1.92. The van der Waals surface area contributed by atoms with Crippen LogP contribution in [-0.4, -0.2) is 12.5 Å². The molecule has 0 aromatic carbocycles. The van der Waals surface area contributed by atoms with Crippen molar-refractivity contribution < 1.29 is 4.79 Å². The third-order valence-electron chi connectivity index (χ3n) is 4.21. The van der Waals surface area contributed by atoms with Gasteiger partial charge in [0, 0.05) is 12.6 Å². The van der Waals surface area contributed by atoms with Gasteiger partial charge in [0.25, 0.3) is 0 Å². The van der Waals surface area contributed by atoms with Crippen molar-refractivity contribution in [3.05, 3.63) is 36.5 Å². The van der Waals surface area contributed by atoms with Gasteiger partial charge < -0.3 is 5.32 Å². The fraction of sp³-hybridized carbons (Fsp3) is 0.696. The van der Waals surface area contributed by atoms with Crippen molar-refractivity contribution in [3.8, 4) is 0 Å². The van der Waals surface area contributed by atoms with E-state index in [0.29, 0.717) is 0 Å². The van der Waals surface area contributed by atoms with Crippen LogP contribution in [0.5, 0.6) is 0 Å². The Labute approximate surface area is 156 Å². The second-order valence-electron chi connectivity index (χ2n) is 6.74. The number of nitrogens with one attached hydrogen (secondary N) is 1. The summed E-state index contributed by atoms with van der Waals surface area (Å²) in [6, 6.07) is 0. The van der Waals surface area contributed by atoms with Crippen molar-refractivity contribution in [1.82, 2.24) is 5.32 Å². The van der Waals surface area contributed by atoms with E-state index >= 15 is 0 Å². The molecule has 1 N–H and O–H groups in total. The molecule has 0 heterocycles. The van der Waals surface area contributed by atoms with Gasteiger partial charge >= 0.3 is 0 Å². The molecular formula is C23H41NO. The molecule has 0 bridgehead atoms. The van der Waals surface area contributed by atoms with E-state index < -0.39 is 0 Å². The summed E-state index contributed by atoms with van der Waals surface area (Å²) >= 11 is 0. The molecule has 0 fully saturated rings. The zero-order chi connectivity index (χ0) is 18.4. The van der Waals surface area contributed by atoms with Crippen molar-refractivity contribution in [1.29, 1.82) is 0 Å². The van der Waals surface area contributed by atoms with Gasteiger partial charge in [0.15, 0.2) is 0 Å². The van der Waals surface area contributed by atoms with Crippen LogP contribution in [0.4, 0.5) is 0 Å². The van der Waals surface area contributed by atoms with Gasteiger partial charge in [-0.2, -0.15) is 0 Å². The highest BCUT2D eigenvalue weighted by Crippen LogP contribution is 2.07. The van der Waals surface area contributed by atoms with Gasteiger partial charge in [0.1, 0.15) is 0 Å². The minimum atomic E-state index is 0.0171. The molecule has 0 spiro atoms. The van der Waals surface area contributed by atoms with Gasteiger partial charge in [-0.05, 0) is 44.9 Å². The van der Waals surface area contributed by atoms with E-state index in [2.05, 4.69) is 37.4 Å². The predicted molar refractivity (Wildman–Crippen MR) is 112 cm³/mol. The van der Waals surface area contributed by atoms with Gasteiger partial charge in [0.2, 0.25) is 5.91 Å². The van der Waals surface area contributed by atoms with E-state index in [1.54, 1.807) is 6.08 Å². The molecule has 0 saturated heterocycles. The van der Waals surface area contributed by atoms with Crippen molar-refractivity contribution >= 4 is 5.91 Å². The summed E-state index contributed by atoms with van der Waals surface area (Å²) in [4.78, 5) is 11.5. The van der Waals surface area contributed by atoms with Gasteiger partial charge in [-0.15, -0.1) is 0 Å². The molecule has 1 amide bonds. The van der Waals surface area contributed by atoms with Crippen molar-refractivity contribution in [2.24, 2.45) is 0 Å². The van der Waals surface area contributed by atoms with Crippen molar-refractivity contribution in [2.45, 2.75) is 97.3 Å². The second-order valence-corrected chi connectivity index (χ2v) is 6.74. The van der Waals surface area contributed by atoms with Crippen LogP contribution in [-0.2, 0) is 4.79 Å². The summed E-state index contributed by atoms with van der Waals surface area (Å²) in [5.74, 6) is 0.0171. The van der Waals surface area contributed by atoms with E-state index in [-0.39, 0.29) is 5.91 Å². The Morgan fingerprint density at radius 3 is 1.88 bits per heavy atom. The quantitative estimate of drug-likeness (QED) is 0.132. The first-order chi connectivity index (χ1) is 12.3. The molecule has 0 aliphatic carbocycles. The molecular weight excluding hydrogens is 306 g/mol. The van der Waals surface area contributed by atoms with Crippen molar-refractivity contribution in [2.75, 3.05) is 6.54 Å². The number of unbranched alkanes of at least 4 members (excludes halogenated alkanes) is 10. The Balaban J connectivity index is 3.37. The summed E-state index contributed by atoms with van der Waals surface area (Å²) in [6.45, 7) is 5.20. The molecule has 0 radical (unpaired) electrons. The highest BCUT2D eigenvalue weighted by molar-refractivity contribution is 5.87. The van der Waals surface area contributed by atoms with Crippen LogP contribution in [0.15, 0.2) is 36.5 Å². The van der Waals surface area contributed by atoms with Crippen LogP contribution in [0.3, 0.4) is 0 Å². The lowest BCUT2D eigenvalue weighted by molar-refractivity contribution is -0.116. The first-order valence-electron chi connectivity index (χ1n) is 10.6. The standard InChI is InChI=1S/C23H41NO/c1-3-5-7-8-9-10-11-12-13-14-15-16-17-18-19-21-23(25)24-22-20-6-4-2/h9-10,17-19,21H,3-8,11-16,20,22H2,1-2H3,(H,24,25)/b10-9-,18-17+,21-19+. The Kier molecular flexibility index (Phi) is 19.6. The van der Waals surface area contributed by atoms with Gasteiger partial charge in [-0.1, -0.05) is 82.8 Å². The smallest absolute Gasteiger partial charge is 0.243 e. The summed E-state index contributed by atoms with van der Waals surface area (Å²) < 4.78 is 0. The van der Waals surface area contributed by atoms with Crippen LogP contribution < -0.4 is 5.32 Å². The first kappa shape index (κ1) is 23.7. The lowest BCUT2D eigenvalue weighted by atomic mass is 10.1. The molecule has 0 aliphatic heterocycles. The first-order valence-corrected chi connectivity index (χ1v) is 10.6.